The summed E-state index contributed by atoms with van der Waals surface area (Å²) >= 11 is 0. The molecule has 174 valence electrons. The first kappa shape index (κ1) is 21.9. The summed E-state index contributed by atoms with van der Waals surface area (Å²) in [5.41, 5.74) is -5.45. The molecule has 1 aromatic heterocycles. The van der Waals surface area contributed by atoms with Crippen molar-refractivity contribution >= 4 is 0 Å². The van der Waals surface area contributed by atoms with Gasteiger partial charge in [-0.1, -0.05) is 24.3 Å². The summed E-state index contributed by atoms with van der Waals surface area (Å²) in [6.45, 7) is -0.791. The lowest BCUT2D eigenvalue weighted by molar-refractivity contribution is -0.347. The van der Waals surface area contributed by atoms with E-state index in [0.717, 1.165) is 29.5 Å². The Labute approximate surface area is 184 Å². The molecular weight excluding hydrogens is 448 g/mol. The lowest BCUT2D eigenvalue weighted by Gasteiger charge is -2.74. The van der Waals surface area contributed by atoms with Crippen molar-refractivity contribution in [3.63, 3.8) is 0 Å². The Hall–Kier alpha value is -2.88. The van der Waals surface area contributed by atoms with Gasteiger partial charge in [-0.15, -0.1) is 0 Å². The minimum atomic E-state index is -3.81. The molecule has 0 amide bonds. The molecule has 0 aliphatic heterocycles. The van der Waals surface area contributed by atoms with Crippen molar-refractivity contribution in [2.45, 2.75) is 49.2 Å². The molecule has 0 spiro atoms. The predicted octanol–water partition coefficient (Wildman–Crippen LogP) is 5.14. The summed E-state index contributed by atoms with van der Waals surface area (Å²) in [5.74, 6) is -6.06. The highest BCUT2D eigenvalue weighted by atomic mass is 19.3. The Morgan fingerprint density at radius 3 is 2.24 bits per heavy atom. The smallest absolute Gasteiger partial charge is 0.287 e. The standard InChI is InChI=1S/C23H19F6N3O/c24-16-5-6-17(18(25)7-16)22(33,11-32-13-30-12-31-32)23(28,29)21-8-20(9-21,10-21)15-3-1-14(2-4-15)19(26)27/h1-7,12-13,19,33H,8-11H2/t20?,21?,22-/m1/s1. The molecule has 33 heavy (non-hydrogen) atoms. The molecule has 3 saturated carbocycles. The van der Waals surface area contributed by atoms with Gasteiger partial charge in [0.15, 0.2) is 5.60 Å². The van der Waals surface area contributed by atoms with E-state index < -0.39 is 52.5 Å². The zero-order valence-electron chi connectivity index (χ0n) is 17.2. The van der Waals surface area contributed by atoms with E-state index in [1.165, 1.54) is 24.3 Å². The van der Waals surface area contributed by atoms with E-state index in [2.05, 4.69) is 10.1 Å². The van der Waals surface area contributed by atoms with Gasteiger partial charge in [-0.05, 0) is 42.4 Å². The van der Waals surface area contributed by atoms with Gasteiger partial charge in [-0.3, -0.25) is 0 Å². The van der Waals surface area contributed by atoms with Crippen LogP contribution in [0, 0.1) is 17.0 Å². The van der Waals surface area contributed by atoms with Crippen molar-refractivity contribution in [3.05, 3.63) is 83.4 Å². The third-order valence-corrected chi connectivity index (χ3v) is 7.22. The number of alkyl halides is 4. The highest BCUT2D eigenvalue weighted by molar-refractivity contribution is 5.43. The van der Waals surface area contributed by atoms with E-state index in [4.69, 9.17) is 0 Å². The molecule has 2 bridgehead atoms. The topological polar surface area (TPSA) is 50.9 Å². The Kier molecular flexibility index (Phi) is 4.69. The van der Waals surface area contributed by atoms with Crippen LogP contribution in [0.5, 0.6) is 0 Å². The number of nitrogens with zero attached hydrogens (tertiary/aromatic N) is 3. The van der Waals surface area contributed by atoms with Crippen LogP contribution in [0.15, 0.2) is 55.1 Å². The molecule has 0 saturated heterocycles. The molecule has 6 rings (SSSR count). The van der Waals surface area contributed by atoms with Gasteiger partial charge < -0.3 is 5.11 Å². The lowest BCUT2D eigenvalue weighted by atomic mass is 9.30. The zero-order valence-corrected chi connectivity index (χ0v) is 17.2. The van der Waals surface area contributed by atoms with E-state index in [-0.39, 0.29) is 24.8 Å². The lowest BCUT2D eigenvalue weighted by Crippen LogP contribution is -2.76. The van der Waals surface area contributed by atoms with Crippen molar-refractivity contribution in [3.8, 4) is 0 Å². The third-order valence-electron chi connectivity index (χ3n) is 7.22. The Balaban J connectivity index is 1.48. The van der Waals surface area contributed by atoms with Crippen LogP contribution in [0.2, 0.25) is 0 Å². The number of aromatic nitrogens is 3. The Morgan fingerprint density at radius 1 is 1.03 bits per heavy atom. The average molecular weight is 467 g/mol. The first-order chi connectivity index (χ1) is 15.5. The van der Waals surface area contributed by atoms with Crippen LogP contribution in [0.3, 0.4) is 0 Å². The van der Waals surface area contributed by atoms with Crippen LogP contribution in [0.25, 0.3) is 0 Å². The second-order valence-electron chi connectivity index (χ2n) is 9.17. The molecule has 3 aliphatic carbocycles. The Bertz CT molecular complexity index is 1160. The second kappa shape index (κ2) is 7.06. The first-order valence-electron chi connectivity index (χ1n) is 10.3. The zero-order chi connectivity index (χ0) is 23.6. The number of hydrogen-bond acceptors (Lipinski definition) is 3. The van der Waals surface area contributed by atoms with Crippen molar-refractivity contribution in [1.82, 2.24) is 14.8 Å². The second-order valence-corrected chi connectivity index (χ2v) is 9.17. The van der Waals surface area contributed by atoms with Crippen molar-refractivity contribution in [2.24, 2.45) is 5.41 Å². The average Bonchev–Trinajstić information content (AvgIpc) is 3.18. The molecule has 4 nitrogen and oxygen atoms in total. The molecule has 2 aromatic carbocycles. The third kappa shape index (κ3) is 3.03. The summed E-state index contributed by atoms with van der Waals surface area (Å²) in [4.78, 5) is 3.68. The van der Waals surface area contributed by atoms with E-state index in [9.17, 15) is 22.7 Å². The van der Waals surface area contributed by atoms with Gasteiger partial charge in [0, 0.05) is 22.6 Å². The minimum absolute atomic E-state index is 0.00348. The van der Waals surface area contributed by atoms with Gasteiger partial charge in [-0.25, -0.2) is 36.0 Å². The largest absolute Gasteiger partial charge is 0.377 e. The number of benzene rings is 2. The fourth-order valence-corrected chi connectivity index (χ4v) is 5.58. The summed E-state index contributed by atoms with van der Waals surface area (Å²) in [5, 5.41) is 15.1. The molecule has 0 unspecified atom stereocenters. The van der Waals surface area contributed by atoms with Crippen molar-refractivity contribution < 1.29 is 31.4 Å². The Morgan fingerprint density at radius 2 is 1.70 bits per heavy atom. The SMILES string of the molecule is O[C@](Cn1cncn1)(c1ccc(F)cc1F)C(F)(F)C12CC(c3ccc(C(F)F)cc3)(C1)C2. The number of halogens is 6. The summed E-state index contributed by atoms with van der Waals surface area (Å²) in [7, 11) is 0. The maximum atomic E-state index is 16.1. The van der Waals surface area contributed by atoms with Crippen LogP contribution >= 0.6 is 0 Å². The predicted molar refractivity (Wildman–Crippen MR) is 105 cm³/mol. The minimum Gasteiger partial charge on any atom is -0.377 e. The van der Waals surface area contributed by atoms with Crippen LogP contribution in [0.4, 0.5) is 26.3 Å². The first-order valence-corrected chi connectivity index (χ1v) is 10.3. The molecule has 0 radical (unpaired) electrons. The molecule has 3 aromatic rings. The fraction of sp³-hybridized carbons (Fsp3) is 0.391. The maximum absolute atomic E-state index is 16.1. The number of aliphatic hydroxyl groups is 1. The van der Waals surface area contributed by atoms with Gasteiger partial charge >= 0.3 is 0 Å². The molecule has 3 fully saturated rings. The van der Waals surface area contributed by atoms with Gasteiger partial charge in [0.05, 0.1) is 6.54 Å². The van der Waals surface area contributed by atoms with Crippen LogP contribution in [-0.4, -0.2) is 25.8 Å². The molecular formula is C23H19F6N3O. The summed E-state index contributed by atoms with van der Waals surface area (Å²) in [6, 6.07) is 7.68. The normalized spacial score (nSPS) is 25.9. The molecule has 10 heteroatoms. The summed E-state index contributed by atoms with van der Waals surface area (Å²) in [6.07, 6.45) is -0.397. The summed E-state index contributed by atoms with van der Waals surface area (Å²) < 4.78 is 86.9. The van der Waals surface area contributed by atoms with Gasteiger partial charge in [-0.2, -0.15) is 5.10 Å². The van der Waals surface area contributed by atoms with Gasteiger partial charge in [0.2, 0.25) is 0 Å². The van der Waals surface area contributed by atoms with Crippen LogP contribution in [0.1, 0.15) is 42.4 Å². The van der Waals surface area contributed by atoms with E-state index >= 15 is 8.78 Å². The maximum Gasteiger partial charge on any atom is 0.287 e. The highest BCUT2D eigenvalue weighted by Gasteiger charge is 2.82. The fourth-order valence-electron chi connectivity index (χ4n) is 5.58. The molecule has 1 N–H and O–H groups in total. The molecule has 1 atom stereocenters. The monoisotopic (exact) mass is 467 g/mol. The van der Waals surface area contributed by atoms with Crippen LogP contribution in [-0.2, 0) is 17.6 Å². The van der Waals surface area contributed by atoms with E-state index in [1.807, 2.05) is 0 Å². The van der Waals surface area contributed by atoms with Crippen LogP contribution < -0.4 is 0 Å². The van der Waals surface area contributed by atoms with Crippen molar-refractivity contribution in [2.75, 3.05) is 0 Å². The van der Waals surface area contributed by atoms with Gasteiger partial charge in [0.25, 0.3) is 12.3 Å². The van der Waals surface area contributed by atoms with E-state index in [1.54, 1.807) is 0 Å². The van der Waals surface area contributed by atoms with Crippen molar-refractivity contribution in [1.29, 1.82) is 0 Å². The quantitative estimate of drug-likeness (QED) is 0.490. The number of rotatable bonds is 7. The van der Waals surface area contributed by atoms with Gasteiger partial charge in [0.1, 0.15) is 24.3 Å². The molecule has 3 aliphatic rings. The van der Waals surface area contributed by atoms with E-state index in [0.29, 0.717) is 11.6 Å². The highest BCUT2D eigenvalue weighted by Crippen LogP contribution is 2.80. The molecule has 1 heterocycles. The number of hydrogen-bond donors (Lipinski definition) is 1.